The number of tetrazole rings is 1. The number of allylic oxidation sites excluding steroid dienone is 1. The summed E-state index contributed by atoms with van der Waals surface area (Å²) in [6.45, 7) is 13.9. The van der Waals surface area contributed by atoms with Gasteiger partial charge in [-0.3, -0.25) is 10.1 Å². The number of fused-ring (bicyclic) bond motifs is 1. The highest BCUT2D eigenvalue weighted by Gasteiger charge is 2.42. The van der Waals surface area contributed by atoms with Crippen molar-refractivity contribution in [2.75, 3.05) is 5.32 Å². The lowest BCUT2D eigenvalue weighted by Crippen LogP contribution is -2.18. The topological polar surface area (TPSA) is 83.6 Å². The number of nitrogens with one attached hydrogen (secondary N) is 2. The molecule has 6 heteroatoms. The van der Waals surface area contributed by atoms with Crippen LogP contribution in [0.1, 0.15) is 92.6 Å². The van der Waals surface area contributed by atoms with E-state index in [-0.39, 0.29) is 22.7 Å². The Morgan fingerprint density at radius 2 is 1.76 bits per heavy atom. The number of aryl methyl sites for hydroxylation is 1. The van der Waals surface area contributed by atoms with Crippen molar-refractivity contribution in [1.29, 1.82) is 0 Å². The Hall–Kier alpha value is -3.28. The van der Waals surface area contributed by atoms with Crippen molar-refractivity contribution >= 4 is 23.5 Å². The Labute approximate surface area is 195 Å². The molecule has 0 unspecified atom stereocenters. The van der Waals surface area contributed by atoms with Crippen molar-refractivity contribution in [2.45, 2.75) is 71.6 Å². The van der Waals surface area contributed by atoms with Crippen LogP contribution in [-0.2, 0) is 17.3 Å². The molecular formula is C27H33N5O. The average molecular weight is 444 g/mol. The van der Waals surface area contributed by atoms with E-state index >= 15 is 0 Å². The van der Waals surface area contributed by atoms with Crippen molar-refractivity contribution in [3.05, 3.63) is 69.8 Å². The largest absolute Gasteiger partial charge is 0.289 e. The minimum absolute atomic E-state index is 0.173. The Kier molecular flexibility index (Phi) is 5.95. The minimum atomic E-state index is -0.255. The minimum Gasteiger partial charge on any atom is -0.289 e. The number of aromatic amines is 1. The molecular weight excluding hydrogens is 410 g/mol. The lowest BCUT2D eigenvalue weighted by molar-refractivity contribution is 0.102. The molecule has 4 rings (SSSR count). The first-order valence-corrected chi connectivity index (χ1v) is 11.6. The van der Waals surface area contributed by atoms with Gasteiger partial charge in [-0.25, -0.2) is 5.10 Å². The zero-order valence-electron chi connectivity index (χ0n) is 20.4. The molecule has 1 amide bonds. The maximum absolute atomic E-state index is 12.4. The monoisotopic (exact) mass is 443 g/mol. The zero-order valence-corrected chi connectivity index (χ0v) is 20.4. The summed E-state index contributed by atoms with van der Waals surface area (Å²) in [5.74, 6) is -0.0273. The SMILES string of the molecule is CCCc1cc2c(cc1/C(C)=C/c1ccc(C(=O)Nc3nnn[nH]3)cc1)C(C)(C)CC2(C)C. The van der Waals surface area contributed by atoms with Gasteiger partial charge in [0.2, 0.25) is 5.95 Å². The number of H-pyrrole nitrogens is 1. The molecule has 172 valence electrons. The zero-order chi connectivity index (χ0) is 23.8. The predicted octanol–water partition coefficient (Wildman–Crippen LogP) is 5.92. The van der Waals surface area contributed by atoms with Gasteiger partial charge in [0.1, 0.15) is 0 Å². The molecule has 2 N–H and O–H groups in total. The van der Waals surface area contributed by atoms with Crippen LogP contribution in [0, 0.1) is 0 Å². The van der Waals surface area contributed by atoms with Crippen LogP contribution >= 0.6 is 0 Å². The first kappa shape index (κ1) is 22.9. The molecule has 2 aromatic carbocycles. The molecule has 0 aliphatic heterocycles. The Morgan fingerprint density at radius 3 is 2.36 bits per heavy atom. The first-order valence-electron chi connectivity index (χ1n) is 11.6. The van der Waals surface area contributed by atoms with Crippen molar-refractivity contribution in [3.63, 3.8) is 0 Å². The van der Waals surface area contributed by atoms with E-state index in [0.29, 0.717) is 5.56 Å². The van der Waals surface area contributed by atoms with Crippen molar-refractivity contribution in [1.82, 2.24) is 20.6 Å². The van der Waals surface area contributed by atoms with Gasteiger partial charge in [-0.05, 0) is 86.5 Å². The third-order valence-electron chi connectivity index (χ3n) is 6.66. The van der Waals surface area contributed by atoms with Crippen LogP contribution in [0.15, 0.2) is 36.4 Å². The molecule has 0 saturated heterocycles. The van der Waals surface area contributed by atoms with Gasteiger partial charge >= 0.3 is 0 Å². The van der Waals surface area contributed by atoms with E-state index in [1.54, 1.807) is 0 Å². The van der Waals surface area contributed by atoms with Gasteiger partial charge in [0, 0.05) is 5.56 Å². The summed E-state index contributed by atoms with van der Waals surface area (Å²) >= 11 is 0. The third kappa shape index (κ3) is 4.61. The number of anilines is 1. The number of rotatable bonds is 6. The second-order valence-corrected chi connectivity index (χ2v) is 10.4. The summed E-state index contributed by atoms with van der Waals surface area (Å²) in [4.78, 5) is 12.4. The molecule has 0 fully saturated rings. The number of hydrogen-bond acceptors (Lipinski definition) is 4. The second kappa shape index (κ2) is 8.58. The second-order valence-electron chi connectivity index (χ2n) is 10.4. The Morgan fingerprint density at radius 1 is 1.09 bits per heavy atom. The van der Waals surface area contributed by atoms with E-state index in [2.05, 4.69) is 85.7 Å². The predicted molar refractivity (Wildman–Crippen MR) is 133 cm³/mol. The average Bonchev–Trinajstić information content (AvgIpc) is 3.32. The maximum Gasteiger partial charge on any atom is 0.258 e. The van der Waals surface area contributed by atoms with Gasteiger partial charge in [-0.15, -0.1) is 0 Å². The number of aromatic nitrogens is 4. The molecule has 1 aliphatic carbocycles. The fourth-order valence-electron chi connectivity index (χ4n) is 5.35. The van der Waals surface area contributed by atoms with Crippen molar-refractivity contribution in [3.8, 4) is 0 Å². The van der Waals surface area contributed by atoms with Gasteiger partial charge in [-0.2, -0.15) is 0 Å². The summed E-state index contributed by atoms with van der Waals surface area (Å²) < 4.78 is 0. The summed E-state index contributed by atoms with van der Waals surface area (Å²) in [5, 5.41) is 15.8. The van der Waals surface area contributed by atoms with Crippen LogP contribution in [-0.4, -0.2) is 26.5 Å². The molecule has 1 heterocycles. The molecule has 0 spiro atoms. The fraction of sp³-hybridized carbons (Fsp3) is 0.407. The summed E-state index contributed by atoms with van der Waals surface area (Å²) in [6.07, 6.45) is 5.56. The standard InChI is InChI=1S/C27H33N5O/c1-7-8-20-14-22-23(27(5,6)16-26(22,3)4)15-21(20)17(2)13-18-9-11-19(12-10-18)24(33)28-25-29-31-32-30-25/h9-15H,7-8,16H2,1-6H3,(H2,28,29,30,31,32,33)/b17-13+. The van der Waals surface area contributed by atoms with E-state index in [1.165, 1.54) is 34.2 Å². The first-order chi connectivity index (χ1) is 15.6. The molecule has 6 nitrogen and oxygen atoms in total. The van der Waals surface area contributed by atoms with Crippen molar-refractivity contribution in [2.24, 2.45) is 0 Å². The molecule has 1 aromatic heterocycles. The van der Waals surface area contributed by atoms with E-state index in [0.717, 1.165) is 18.4 Å². The Bertz CT molecular complexity index is 1190. The number of carbonyl (C=O) groups excluding carboxylic acids is 1. The molecule has 0 atom stereocenters. The van der Waals surface area contributed by atoms with E-state index in [4.69, 9.17) is 0 Å². The summed E-state index contributed by atoms with van der Waals surface area (Å²) in [6, 6.07) is 12.5. The number of benzene rings is 2. The normalized spacial score (nSPS) is 16.5. The van der Waals surface area contributed by atoms with E-state index in [9.17, 15) is 4.79 Å². The van der Waals surface area contributed by atoms with Crippen molar-refractivity contribution < 1.29 is 4.79 Å². The molecule has 0 radical (unpaired) electrons. The highest BCUT2D eigenvalue weighted by atomic mass is 16.1. The summed E-state index contributed by atoms with van der Waals surface area (Å²) in [5.41, 5.74) is 8.97. The highest BCUT2D eigenvalue weighted by Crippen LogP contribution is 2.50. The quantitative estimate of drug-likeness (QED) is 0.463. The van der Waals surface area contributed by atoms with Crippen LogP contribution in [0.5, 0.6) is 0 Å². The molecule has 1 aliphatic rings. The molecule has 0 saturated carbocycles. The number of nitrogens with zero attached hydrogens (tertiary/aromatic N) is 3. The smallest absolute Gasteiger partial charge is 0.258 e. The van der Waals surface area contributed by atoms with Gasteiger partial charge in [-0.1, -0.05) is 76.5 Å². The lowest BCUT2D eigenvalue weighted by atomic mass is 9.82. The van der Waals surface area contributed by atoms with Gasteiger partial charge in [0.05, 0.1) is 0 Å². The third-order valence-corrected chi connectivity index (χ3v) is 6.66. The van der Waals surface area contributed by atoms with Crippen LogP contribution in [0.25, 0.3) is 11.6 Å². The van der Waals surface area contributed by atoms with Crippen LogP contribution in [0.4, 0.5) is 5.95 Å². The van der Waals surface area contributed by atoms with Crippen LogP contribution in [0.2, 0.25) is 0 Å². The number of hydrogen-bond donors (Lipinski definition) is 2. The molecule has 33 heavy (non-hydrogen) atoms. The molecule has 3 aromatic rings. The Balaban J connectivity index is 1.64. The van der Waals surface area contributed by atoms with Crippen LogP contribution < -0.4 is 5.32 Å². The van der Waals surface area contributed by atoms with Crippen LogP contribution in [0.3, 0.4) is 0 Å². The highest BCUT2D eigenvalue weighted by molar-refractivity contribution is 6.03. The maximum atomic E-state index is 12.4. The van der Waals surface area contributed by atoms with Gasteiger partial charge in [0.15, 0.2) is 0 Å². The number of amides is 1. The lowest BCUT2D eigenvalue weighted by Gasteiger charge is -2.22. The van der Waals surface area contributed by atoms with E-state index < -0.39 is 0 Å². The number of carbonyl (C=O) groups is 1. The summed E-state index contributed by atoms with van der Waals surface area (Å²) in [7, 11) is 0. The van der Waals surface area contributed by atoms with E-state index in [1.807, 2.05) is 24.3 Å². The fourth-order valence-corrected chi connectivity index (χ4v) is 5.35. The molecule has 0 bridgehead atoms. The van der Waals surface area contributed by atoms with Gasteiger partial charge < -0.3 is 0 Å². The van der Waals surface area contributed by atoms with Gasteiger partial charge in [0.25, 0.3) is 5.91 Å².